The molecule has 0 saturated carbocycles. The highest BCUT2D eigenvalue weighted by molar-refractivity contribution is 7.16. The number of carbonyl (C=O) groups excluding carboxylic acids is 1. The predicted molar refractivity (Wildman–Crippen MR) is 83.6 cm³/mol. The molecule has 0 bridgehead atoms. The van der Waals surface area contributed by atoms with Gasteiger partial charge in [0.1, 0.15) is 11.2 Å². The lowest BCUT2D eigenvalue weighted by molar-refractivity contribution is 0.0935. The van der Waals surface area contributed by atoms with E-state index >= 15 is 0 Å². The number of nitrogens with one attached hydrogen (secondary N) is 2. The molecule has 0 fully saturated rings. The lowest BCUT2D eigenvalue weighted by atomic mass is 9.88. The van der Waals surface area contributed by atoms with Crippen molar-refractivity contribution in [1.82, 2.24) is 10.3 Å². The minimum atomic E-state index is -0.184. The lowest BCUT2D eigenvalue weighted by Crippen LogP contribution is -2.38. The molecule has 2 aromatic rings. The minimum absolute atomic E-state index is 0.0460. The number of amides is 1. The molecule has 0 saturated heterocycles. The summed E-state index contributed by atoms with van der Waals surface area (Å²) in [7, 11) is 0. The summed E-state index contributed by atoms with van der Waals surface area (Å²) in [6.07, 6.45) is 6.64. The fourth-order valence-electron chi connectivity index (χ4n) is 3.18. The molecule has 2 atom stereocenters. The van der Waals surface area contributed by atoms with Gasteiger partial charge in [-0.05, 0) is 36.8 Å². The maximum Gasteiger partial charge on any atom is 0.256 e. The largest absolute Gasteiger partial charge is 0.353 e. The molecule has 0 aromatic carbocycles. The summed E-state index contributed by atoms with van der Waals surface area (Å²) in [6, 6.07) is 3.87. The van der Waals surface area contributed by atoms with Crippen molar-refractivity contribution in [2.45, 2.75) is 32.4 Å². The molecule has 3 heterocycles. The number of hydrogen-bond donors (Lipinski definition) is 2. The molecule has 1 aliphatic carbocycles. The molecule has 108 valence electrons. The number of carbonyl (C=O) groups is 1. The van der Waals surface area contributed by atoms with E-state index in [1.165, 1.54) is 16.9 Å². The van der Waals surface area contributed by atoms with Crippen molar-refractivity contribution in [1.29, 1.82) is 0 Å². The van der Waals surface area contributed by atoms with Crippen LogP contribution in [0.25, 0.3) is 0 Å². The summed E-state index contributed by atoms with van der Waals surface area (Å²) in [6.45, 7) is 2.29. The van der Waals surface area contributed by atoms with Crippen LogP contribution in [0.4, 0.5) is 5.00 Å². The van der Waals surface area contributed by atoms with Crippen LogP contribution in [0.1, 0.15) is 45.9 Å². The normalized spacial score (nSPS) is 23.8. The second kappa shape index (κ2) is 4.84. The lowest BCUT2D eigenvalue weighted by Gasteiger charge is -2.26. The Labute approximate surface area is 127 Å². The van der Waals surface area contributed by atoms with Crippen molar-refractivity contribution in [3.8, 4) is 0 Å². The smallest absolute Gasteiger partial charge is 0.256 e. The molecular weight excluding hydrogens is 282 g/mol. The first-order chi connectivity index (χ1) is 10.2. The topological polar surface area (TPSA) is 54.0 Å². The predicted octanol–water partition coefficient (Wildman–Crippen LogP) is 3.12. The van der Waals surface area contributed by atoms with E-state index in [2.05, 4.69) is 22.5 Å². The SMILES string of the molecule is C[C@@H]1CCc2c(sc3c2C(=O)N[C@@H](c2cccnc2)N3)C1. The Bertz CT molecular complexity index is 695. The number of pyridine rings is 1. The van der Waals surface area contributed by atoms with Gasteiger partial charge in [0, 0.05) is 22.8 Å². The Hall–Kier alpha value is -1.88. The summed E-state index contributed by atoms with van der Waals surface area (Å²) in [4.78, 5) is 18.0. The molecule has 0 radical (unpaired) electrons. The summed E-state index contributed by atoms with van der Waals surface area (Å²) in [5.41, 5.74) is 3.13. The van der Waals surface area contributed by atoms with Crippen molar-refractivity contribution in [2.75, 3.05) is 5.32 Å². The van der Waals surface area contributed by atoms with Gasteiger partial charge in [-0.2, -0.15) is 0 Å². The number of thiophene rings is 1. The Morgan fingerprint density at radius 1 is 1.38 bits per heavy atom. The Morgan fingerprint density at radius 3 is 3.10 bits per heavy atom. The van der Waals surface area contributed by atoms with Crippen LogP contribution in [0.2, 0.25) is 0 Å². The number of hydrogen-bond acceptors (Lipinski definition) is 4. The maximum atomic E-state index is 12.5. The second-order valence-corrected chi connectivity index (χ2v) is 7.00. The third kappa shape index (κ3) is 2.12. The van der Waals surface area contributed by atoms with Crippen LogP contribution in [0.15, 0.2) is 24.5 Å². The summed E-state index contributed by atoms with van der Waals surface area (Å²) in [5, 5.41) is 7.54. The number of fused-ring (bicyclic) bond motifs is 3. The molecular formula is C16H17N3OS. The quantitative estimate of drug-likeness (QED) is 0.850. The first-order valence-corrected chi connectivity index (χ1v) is 8.16. The van der Waals surface area contributed by atoms with Gasteiger partial charge in [0.2, 0.25) is 0 Å². The Balaban J connectivity index is 1.71. The second-order valence-electron chi connectivity index (χ2n) is 5.89. The number of aromatic nitrogens is 1. The number of anilines is 1. The van der Waals surface area contributed by atoms with E-state index in [1.54, 1.807) is 23.7 Å². The van der Waals surface area contributed by atoms with E-state index < -0.39 is 0 Å². The third-order valence-corrected chi connectivity index (χ3v) is 5.49. The van der Waals surface area contributed by atoms with Crippen LogP contribution < -0.4 is 10.6 Å². The van der Waals surface area contributed by atoms with Crippen LogP contribution >= 0.6 is 11.3 Å². The zero-order chi connectivity index (χ0) is 14.4. The van der Waals surface area contributed by atoms with Crippen molar-refractivity contribution in [2.24, 2.45) is 5.92 Å². The molecule has 1 amide bonds. The van der Waals surface area contributed by atoms with Gasteiger partial charge in [0.25, 0.3) is 5.91 Å². The highest BCUT2D eigenvalue weighted by Gasteiger charge is 2.32. The molecule has 0 spiro atoms. The van der Waals surface area contributed by atoms with Gasteiger partial charge < -0.3 is 10.6 Å². The molecule has 4 rings (SSSR count). The highest BCUT2D eigenvalue weighted by Crippen LogP contribution is 2.42. The van der Waals surface area contributed by atoms with Gasteiger partial charge in [-0.25, -0.2) is 0 Å². The van der Waals surface area contributed by atoms with Crippen molar-refractivity contribution in [3.05, 3.63) is 46.1 Å². The van der Waals surface area contributed by atoms with Crippen LogP contribution in [0.5, 0.6) is 0 Å². The average molecular weight is 299 g/mol. The monoisotopic (exact) mass is 299 g/mol. The van der Waals surface area contributed by atoms with E-state index in [0.717, 1.165) is 34.9 Å². The molecule has 4 nitrogen and oxygen atoms in total. The Morgan fingerprint density at radius 2 is 2.29 bits per heavy atom. The minimum Gasteiger partial charge on any atom is -0.353 e. The molecule has 21 heavy (non-hydrogen) atoms. The zero-order valence-electron chi connectivity index (χ0n) is 11.8. The fraction of sp³-hybridized carbons (Fsp3) is 0.375. The van der Waals surface area contributed by atoms with Crippen LogP contribution in [0, 0.1) is 5.92 Å². The molecule has 2 aliphatic rings. The van der Waals surface area contributed by atoms with Crippen LogP contribution in [0.3, 0.4) is 0 Å². The van der Waals surface area contributed by atoms with Crippen LogP contribution in [-0.2, 0) is 12.8 Å². The van der Waals surface area contributed by atoms with Gasteiger partial charge in [-0.15, -0.1) is 11.3 Å². The highest BCUT2D eigenvalue weighted by atomic mass is 32.1. The molecule has 2 N–H and O–H groups in total. The van der Waals surface area contributed by atoms with E-state index in [-0.39, 0.29) is 12.1 Å². The van der Waals surface area contributed by atoms with Gasteiger partial charge in [0.05, 0.1) is 5.56 Å². The van der Waals surface area contributed by atoms with Crippen molar-refractivity contribution in [3.63, 3.8) is 0 Å². The maximum absolute atomic E-state index is 12.5. The first kappa shape index (κ1) is 12.8. The molecule has 2 aromatic heterocycles. The van der Waals surface area contributed by atoms with Gasteiger partial charge in [-0.1, -0.05) is 13.0 Å². The van der Waals surface area contributed by atoms with E-state index in [4.69, 9.17) is 0 Å². The summed E-state index contributed by atoms with van der Waals surface area (Å²) >= 11 is 1.75. The van der Waals surface area contributed by atoms with Gasteiger partial charge >= 0.3 is 0 Å². The molecule has 1 aliphatic heterocycles. The molecule has 0 unspecified atom stereocenters. The summed E-state index contributed by atoms with van der Waals surface area (Å²) in [5.74, 6) is 0.763. The fourth-order valence-corrected chi connectivity index (χ4v) is 4.61. The number of nitrogens with zero attached hydrogens (tertiary/aromatic N) is 1. The van der Waals surface area contributed by atoms with Crippen LogP contribution in [-0.4, -0.2) is 10.9 Å². The third-order valence-electron chi connectivity index (χ3n) is 4.31. The standard InChI is InChI=1S/C16H17N3OS/c1-9-4-5-11-12(7-9)21-16-13(11)15(20)18-14(19-16)10-3-2-6-17-8-10/h2-3,6,8-9,14,19H,4-5,7H2,1H3,(H,18,20)/t9-,14-/m1/s1. The Kier molecular flexibility index (Phi) is 2.96. The van der Waals surface area contributed by atoms with Crippen molar-refractivity contribution >= 4 is 22.2 Å². The number of rotatable bonds is 1. The van der Waals surface area contributed by atoms with Gasteiger partial charge in [0.15, 0.2) is 0 Å². The zero-order valence-corrected chi connectivity index (χ0v) is 12.7. The van der Waals surface area contributed by atoms with E-state index in [1.807, 2.05) is 12.1 Å². The first-order valence-electron chi connectivity index (χ1n) is 7.34. The van der Waals surface area contributed by atoms with Crippen molar-refractivity contribution < 1.29 is 4.79 Å². The average Bonchev–Trinajstić information content (AvgIpc) is 2.85. The van der Waals surface area contributed by atoms with E-state index in [9.17, 15) is 4.79 Å². The molecule has 5 heteroatoms. The summed E-state index contributed by atoms with van der Waals surface area (Å²) < 4.78 is 0. The van der Waals surface area contributed by atoms with Gasteiger partial charge in [-0.3, -0.25) is 9.78 Å². The van der Waals surface area contributed by atoms with E-state index in [0.29, 0.717) is 0 Å².